The molecule has 0 spiro atoms. The van der Waals surface area contributed by atoms with Crippen molar-refractivity contribution in [1.29, 1.82) is 0 Å². The van der Waals surface area contributed by atoms with Crippen LogP contribution >= 0.6 is 15.9 Å². The maximum atomic E-state index is 12.2. The van der Waals surface area contributed by atoms with Gasteiger partial charge in [0.25, 0.3) is 0 Å². The molecule has 5 heteroatoms. The zero-order valence-corrected chi connectivity index (χ0v) is 11.9. The van der Waals surface area contributed by atoms with E-state index in [4.69, 9.17) is 5.73 Å². The summed E-state index contributed by atoms with van der Waals surface area (Å²) < 4.78 is 2.85. The Labute approximate surface area is 110 Å². The summed E-state index contributed by atoms with van der Waals surface area (Å²) in [6.07, 6.45) is 2.32. The van der Waals surface area contributed by atoms with Gasteiger partial charge in [0.1, 0.15) is 5.78 Å². The lowest BCUT2D eigenvalue weighted by atomic mass is 9.97. The number of Topliss-reactive ketones (excluding diaryl/α,β-unsaturated/α-hetero) is 1. The van der Waals surface area contributed by atoms with Crippen LogP contribution in [0, 0.1) is 12.3 Å². The van der Waals surface area contributed by atoms with E-state index >= 15 is 0 Å². The number of nitrogens with zero attached hydrogens (tertiary/aromatic N) is 2. The van der Waals surface area contributed by atoms with Crippen LogP contribution in [-0.4, -0.2) is 22.1 Å². The predicted molar refractivity (Wildman–Crippen MR) is 69.8 cm³/mol. The smallest absolute Gasteiger partial charge is 0.146 e. The molecule has 17 heavy (non-hydrogen) atoms. The third-order valence-corrected chi connectivity index (χ3v) is 4.65. The van der Waals surface area contributed by atoms with Crippen LogP contribution in [0.3, 0.4) is 0 Å². The predicted octanol–water partition coefficient (Wildman–Crippen LogP) is 1.82. The molecule has 0 radical (unpaired) electrons. The van der Waals surface area contributed by atoms with Gasteiger partial charge in [0.2, 0.25) is 0 Å². The Balaban J connectivity index is 2.21. The molecule has 2 N–H and O–H groups in total. The first kappa shape index (κ1) is 12.8. The van der Waals surface area contributed by atoms with Crippen molar-refractivity contribution >= 4 is 21.7 Å². The number of carbonyl (C=O) groups excluding carboxylic acids is 1. The first-order chi connectivity index (χ1) is 8.04. The van der Waals surface area contributed by atoms with Gasteiger partial charge in [0.15, 0.2) is 0 Å². The van der Waals surface area contributed by atoms with Gasteiger partial charge < -0.3 is 5.73 Å². The highest BCUT2D eigenvalue weighted by molar-refractivity contribution is 9.10. The van der Waals surface area contributed by atoms with Crippen molar-refractivity contribution in [2.75, 3.05) is 6.54 Å². The van der Waals surface area contributed by atoms with Gasteiger partial charge in [0.05, 0.1) is 22.3 Å². The number of nitrogens with two attached hydrogens (primary N) is 1. The van der Waals surface area contributed by atoms with Gasteiger partial charge in [0, 0.05) is 18.5 Å². The maximum absolute atomic E-state index is 12.2. The second kappa shape index (κ2) is 4.53. The van der Waals surface area contributed by atoms with E-state index in [0.29, 0.717) is 13.0 Å². The van der Waals surface area contributed by atoms with E-state index in [2.05, 4.69) is 21.0 Å². The Morgan fingerprint density at radius 2 is 2.24 bits per heavy atom. The fourth-order valence-corrected chi connectivity index (χ4v) is 2.55. The minimum atomic E-state index is -0.226. The molecule has 0 unspecified atom stereocenters. The van der Waals surface area contributed by atoms with Crippen LogP contribution in [0.25, 0.3) is 0 Å². The SMILES string of the molecule is CCn1nc(C)c(Br)c1CC(=O)C1(CN)CC1. The lowest BCUT2D eigenvalue weighted by Gasteiger charge is -2.11. The Hall–Kier alpha value is -0.680. The molecular weight excluding hydrogens is 282 g/mol. The van der Waals surface area contributed by atoms with Gasteiger partial charge in [-0.1, -0.05) is 0 Å². The number of aromatic nitrogens is 2. The summed E-state index contributed by atoms with van der Waals surface area (Å²) in [6.45, 7) is 5.23. The second-order valence-corrected chi connectivity index (χ2v) is 5.54. The van der Waals surface area contributed by atoms with Crippen LogP contribution in [0.15, 0.2) is 4.47 Å². The van der Waals surface area contributed by atoms with Crippen LogP contribution in [0.4, 0.5) is 0 Å². The summed E-state index contributed by atoms with van der Waals surface area (Å²) in [7, 11) is 0. The third-order valence-electron chi connectivity index (χ3n) is 3.62. The van der Waals surface area contributed by atoms with Crippen molar-refractivity contribution in [2.24, 2.45) is 11.1 Å². The maximum Gasteiger partial charge on any atom is 0.146 e. The number of aryl methyl sites for hydroxylation is 2. The summed E-state index contributed by atoms with van der Waals surface area (Å²) in [5.74, 6) is 0.260. The number of halogens is 1. The molecule has 0 aliphatic heterocycles. The van der Waals surface area contributed by atoms with Crippen LogP contribution in [0.5, 0.6) is 0 Å². The number of hydrogen-bond acceptors (Lipinski definition) is 3. The number of rotatable bonds is 5. The lowest BCUT2D eigenvalue weighted by molar-refractivity contribution is -0.123. The molecule has 0 aromatic carbocycles. The van der Waals surface area contributed by atoms with Crippen LogP contribution in [-0.2, 0) is 17.8 Å². The summed E-state index contributed by atoms with van der Waals surface area (Å²) in [6, 6.07) is 0. The van der Waals surface area contributed by atoms with Crippen LogP contribution in [0.2, 0.25) is 0 Å². The molecule has 4 nitrogen and oxygen atoms in total. The normalized spacial score (nSPS) is 17.2. The van der Waals surface area contributed by atoms with Gasteiger partial charge in [-0.05, 0) is 42.6 Å². The van der Waals surface area contributed by atoms with E-state index in [9.17, 15) is 4.79 Å². The van der Waals surface area contributed by atoms with E-state index in [1.54, 1.807) is 0 Å². The minimum absolute atomic E-state index is 0.226. The molecule has 0 amide bonds. The van der Waals surface area contributed by atoms with E-state index in [1.165, 1.54) is 0 Å². The molecule has 1 aromatic heterocycles. The number of hydrogen-bond donors (Lipinski definition) is 1. The summed E-state index contributed by atoms with van der Waals surface area (Å²) in [5.41, 5.74) is 7.37. The number of ketones is 1. The monoisotopic (exact) mass is 299 g/mol. The van der Waals surface area contributed by atoms with Gasteiger partial charge in [-0.3, -0.25) is 9.48 Å². The molecule has 1 heterocycles. The third kappa shape index (κ3) is 2.18. The highest BCUT2D eigenvalue weighted by atomic mass is 79.9. The number of carbonyl (C=O) groups is 1. The Kier molecular flexibility index (Phi) is 3.41. The quantitative estimate of drug-likeness (QED) is 0.902. The molecular formula is C12H18BrN3O. The second-order valence-electron chi connectivity index (χ2n) is 4.75. The molecule has 1 fully saturated rings. The summed E-state index contributed by atoms with van der Waals surface area (Å²) in [4.78, 5) is 12.2. The molecule has 0 atom stereocenters. The van der Waals surface area contributed by atoms with E-state index in [0.717, 1.165) is 35.2 Å². The van der Waals surface area contributed by atoms with Crippen molar-refractivity contribution < 1.29 is 4.79 Å². The average Bonchev–Trinajstić information content (AvgIpc) is 3.08. The Bertz CT molecular complexity index is 449. The van der Waals surface area contributed by atoms with Gasteiger partial charge >= 0.3 is 0 Å². The lowest BCUT2D eigenvalue weighted by Crippen LogP contribution is -2.27. The highest BCUT2D eigenvalue weighted by Crippen LogP contribution is 2.46. The van der Waals surface area contributed by atoms with Crippen molar-refractivity contribution in [3.8, 4) is 0 Å². The van der Waals surface area contributed by atoms with Gasteiger partial charge in [-0.2, -0.15) is 5.10 Å². The van der Waals surface area contributed by atoms with E-state index in [1.807, 2.05) is 18.5 Å². The van der Waals surface area contributed by atoms with Crippen LogP contribution < -0.4 is 5.73 Å². The molecule has 1 aliphatic carbocycles. The first-order valence-electron chi connectivity index (χ1n) is 5.99. The van der Waals surface area contributed by atoms with Crippen molar-refractivity contribution in [1.82, 2.24) is 9.78 Å². The largest absolute Gasteiger partial charge is 0.329 e. The summed E-state index contributed by atoms with van der Waals surface area (Å²) >= 11 is 3.51. The zero-order valence-electron chi connectivity index (χ0n) is 10.3. The highest BCUT2D eigenvalue weighted by Gasteiger charge is 2.48. The Morgan fingerprint density at radius 1 is 1.59 bits per heavy atom. The molecule has 0 saturated heterocycles. The Morgan fingerprint density at radius 3 is 2.71 bits per heavy atom. The van der Waals surface area contributed by atoms with Crippen LogP contribution in [0.1, 0.15) is 31.2 Å². The first-order valence-corrected chi connectivity index (χ1v) is 6.78. The standard InChI is InChI=1S/C12H18BrN3O/c1-3-16-9(11(13)8(2)15-16)6-10(17)12(7-14)4-5-12/h3-7,14H2,1-2H3. The van der Waals surface area contributed by atoms with Crippen molar-refractivity contribution in [2.45, 2.75) is 39.7 Å². The average molecular weight is 300 g/mol. The van der Waals surface area contributed by atoms with E-state index in [-0.39, 0.29) is 11.2 Å². The molecule has 94 valence electrons. The molecule has 1 aromatic rings. The fourth-order valence-electron chi connectivity index (χ4n) is 2.13. The molecule has 1 aliphatic rings. The summed E-state index contributed by atoms with van der Waals surface area (Å²) in [5, 5.41) is 4.40. The van der Waals surface area contributed by atoms with Crippen molar-refractivity contribution in [3.05, 3.63) is 15.9 Å². The minimum Gasteiger partial charge on any atom is -0.329 e. The van der Waals surface area contributed by atoms with E-state index < -0.39 is 0 Å². The topological polar surface area (TPSA) is 60.9 Å². The van der Waals surface area contributed by atoms with Crippen molar-refractivity contribution in [3.63, 3.8) is 0 Å². The molecule has 2 rings (SSSR count). The van der Waals surface area contributed by atoms with Gasteiger partial charge in [-0.15, -0.1) is 0 Å². The van der Waals surface area contributed by atoms with Gasteiger partial charge in [-0.25, -0.2) is 0 Å². The molecule has 0 bridgehead atoms. The zero-order chi connectivity index (χ0) is 12.6. The molecule has 1 saturated carbocycles. The fraction of sp³-hybridized carbons (Fsp3) is 0.667.